The quantitative estimate of drug-likeness (QED) is 0.264. The average Bonchev–Trinajstić information content (AvgIpc) is 3.65. The van der Waals surface area contributed by atoms with Gasteiger partial charge in [0.05, 0.1) is 29.9 Å². The number of amides is 3. The molecule has 13 heteroatoms. The lowest BCUT2D eigenvalue weighted by Gasteiger charge is -2.36. The Labute approximate surface area is 298 Å². The van der Waals surface area contributed by atoms with Gasteiger partial charge >= 0.3 is 0 Å². The van der Waals surface area contributed by atoms with Crippen molar-refractivity contribution in [3.63, 3.8) is 0 Å². The van der Waals surface area contributed by atoms with Crippen molar-refractivity contribution in [1.82, 2.24) is 15.5 Å². The number of nitrogens with one attached hydrogen (secondary N) is 2. The van der Waals surface area contributed by atoms with Crippen molar-refractivity contribution in [2.75, 3.05) is 13.2 Å². The predicted octanol–water partition coefficient (Wildman–Crippen LogP) is 5.29. The zero-order chi connectivity index (χ0) is 36.4. The standard InChI is InChI=1S/C37H50ClFN4O7/c1-6-49-32-25(38)16-24(17-26(32)39)28-18-37(50-42-28)19-29(34(47)40-27(14-23-12-13-23)31(46)21(2)44)43(20-37)35(48)33(36(3,4)5)41-30(45)15-22-10-8-7-9-11-22/h16-17,22-23,27,29,33H,6-15,18-20H2,1-5H3,(H,40,47)(H,41,45)/t27-,29-,33+,37+/m0/s1. The number of hydrogen-bond donors (Lipinski definition) is 2. The van der Waals surface area contributed by atoms with E-state index in [4.69, 9.17) is 21.2 Å². The fourth-order valence-electron chi connectivity index (χ4n) is 7.41. The highest BCUT2D eigenvalue weighted by molar-refractivity contribution is 6.38. The molecule has 0 radical (unpaired) electrons. The van der Waals surface area contributed by atoms with Crippen molar-refractivity contribution in [3.8, 4) is 5.75 Å². The minimum Gasteiger partial charge on any atom is -0.489 e. The lowest BCUT2D eigenvalue weighted by Crippen LogP contribution is -2.59. The maximum Gasteiger partial charge on any atom is 0.246 e. The van der Waals surface area contributed by atoms with Crippen LogP contribution >= 0.6 is 11.6 Å². The SMILES string of the molecule is CCOc1c(F)cc(C2=NO[C@]3(C2)C[C@@H](C(=O)N[C@@H](CC2CC2)C(=O)C(C)=O)N(C(=O)[C@@H](NC(=O)CC2CCCCC2)C(C)(C)C)C3)cc1Cl. The number of benzene rings is 1. The van der Waals surface area contributed by atoms with Crippen molar-refractivity contribution in [3.05, 3.63) is 28.5 Å². The molecule has 2 N–H and O–H groups in total. The molecule has 1 aromatic rings. The van der Waals surface area contributed by atoms with Crippen LogP contribution in [0.1, 0.15) is 111 Å². The average molecular weight is 717 g/mol. The topological polar surface area (TPSA) is 143 Å². The molecule has 50 heavy (non-hydrogen) atoms. The van der Waals surface area contributed by atoms with Crippen molar-refractivity contribution in [1.29, 1.82) is 0 Å². The number of halogens is 2. The van der Waals surface area contributed by atoms with Gasteiger partial charge in [-0.15, -0.1) is 0 Å². The Bertz CT molecular complexity index is 1510. The highest BCUT2D eigenvalue weighted by atomic mass is 35.5. The molecular formula is C37H50ClFN4O7. The van der Waals surface area contributed by atoms with Crippen LogP contribution in [0.15, 0.2) is 17.3 Å². The first-order valence-electron chi connectivity index (χ1n) is 17.9. The van der Waals surface area contributed by atoms with E-state index >= 15 is 0 Å². The van der Waals surface area contributed by atoms with E-state index in [1.54, 1.807) is 6.92 Å². The lowest BCUT2D eigenvalue weighted by atomic mass is 9.84. The molecule has 3 fully saturated rings. The molecule has 4 aliphatic rings. The first-order chi connectivity index (χ1) is 23.6. The van der Waals surface area contributed by atoms with Crippen molar-refractivity contribution in [2.45, 2.75) is 129 Å². The largest absolute Gasteiger partial charge is 0.489 e. The van der Waals surface area contributed by atoms with Gasteiger partial charge < -0.3 is 25.1 Å². The number of Topliss-reactive ketones (excluding diaryl/α,β-unsaturated/α-hetero) is 2. The number of oxime groups is 1. The summed E-state index contributed by atoms with van der Waals surface area (Å²) >= 11 is 6.34. The summed E-state index contributed by atoms with van der Waals surface area (Å²) in [4.78, 5) is 74.4. The van der Waals surface area contributed by atoms with Crippen LogP contribution in [0.2, 0.25) is 5.02 Å². The Morgan fingerprint density at radius 1 is 1.08 bits per heavy atom. The summed E-state index contributed by atoms with van der Waals surface area (Å²) in [6.45, 7) is 8.64. The molecule has 0 aromatic heterocycles. The van der Waals surface area contributed by atoms with Gasteiger partial charge in [0.15, 0.2) is 23.0 Å². The first kappa shape index (κ1) is 37.7. The number of carbonyl (C=O) groups excluding carboxylic acids is 5. The number of carbonyl (C=O) groups is 5. The van der Waals surface area contributed by atoms with Crippen molar-refractivity contribution in [2.24, 2.45) is 22.4 Å². The number of ether oxygens (including phenoxy) is 1. The Kier molecular flexibility index (Phi) is 11.6. The van der Waals surface area contributed by atoms with E-state index in [9.17, 15) is 28.4 Å². The summed E-state index contributed by atoms with van der Waals surface area (Å²) in [5.74, 6) is -2.84. The summed E-state index contributed by atoms with van der Waals surface area (Å²) in [6, 6.07) is -0.287. The molecule has 11 nitrogen and oxygen atoms in total. The summed E-state index contributed by atoms with van der Waals surface area (Å²) in [5.41, 5.74) is -1.12. The number of hydrogen-bond acceptors (Lipinski definition) is 8. The summed E-state index contributed by atoms with van der Waals surface area (Å²) in [6.07, 6.45) is 7.91. The Morgan fingerprint density at radius 2 is 1.78 bits per heavy atom. The predicted molar refractivity (Wildman–Crippen MR) is 185 cm³/mol. The second-order valence-corrected chi connectivity index (χ2v) is 16.0. The van der Waals surface area contributed by atoms with Gasteiger partial charge in [-0.25, -0.2) is 4.39 Å². The Balaban J connectivity index is 1.41. The smallest absolute Gasteiger partial charge is 0.246 e. The Hall–Kier alpha value is -3.54. The molecule has 1 saturated heterocycles. The monoisotopic (exact) mass is 716 g/mol. The van der Waals surface area contributed by atoms with Gasteiger partial charge in [0.2, 0.25) is 23.5 Å². The van der Waals surface area contributed by atoms with E-state index in [0.717, 1.165) is 44.9 Å². The third-order valence-electron chi connectivity index (χ3n) is 10.3. The van der Waals surface area contributed by atoms with Crippen LogP contribution in [0.5, 0.6) is 5.75 Å². The molecule has 4 atom stereocenters. The number of nitrogens with zero attached hydrogens (tertiary/aromatic N) is 2. The Morgan fingerprint density at radius 3 is 2.38 bits per heavy atom. The molecule has 2 aliphatic heterocycles. The number of ketones is 2. The van der Waals surface area contributed by atoms with Crippen LogP contribution in [0.3, 0.4) is 0 Å². The van der Waals surface area contributed by atoms with Crippen molar-refractivity contribution < 1.29 is 37.9 Å². The highest BCUT2D eigenvalue weighted by Gasteiger charge is 2.56. The summed E-state index contributed by atoms with van der Waals surface area (Å²) in [7, 11) is 0. The maximum atomic E-state index is 14.9. The second kappa shape index (κ2) is 15.4. The van der Waals surface area contributed by atoms with Gasteiger partial charge in [-0.05, 0) is 55.6 Å². The van der Waals surface area contributed by atoms with E-state index in [0.29, 0.717) is 24.1 Å². The highest BCUT2D eigenvalue weighted by Crippen LogP contribution is 2.41. The van der Waals surface area contributed by atoms with Crippen LogP contribution in [-0.4, -0.2) is 76.8 Å². The van der Waals surface area contributed by atoms with Gasteiger partial charge in [0, 0.05) is 31.7 Å². The van der Waals surface area contributed by atoms with E-state index in [1.165, 1.54) is 24.0 Å². The molecule has 3 amide bonds. The normalized spacial score (nSPS) is 23.5. The molecule has 274 valence electrons. The molecule has 2 aliphatic carbocycles. The summed E-state index contributed by atoms with van der Waals surface area (Å²) in [5, 5.41) is 10.1. The molecule has 5 rings (SSSR count). The molecular weight excluding hydrogens is 667 g/mol. The van der Waals surface area contributed by atoms with Crippen LogP contribution < -0.4 is 15.4 Å². The van der Waals surface area contributed by atoms with Gasteiger partial charge in [-0.2, -0.15) is 0 Å². The molecule has 1 aromatic carbocycles. The molecule has 0 bridgehead atoms. The first-order valence-corrected chi connectivity index (χ1v) is 18.3. The van der Waals surface area contributed by atoms with Gasteiger partial charge in [-0.1, -0.05) is 69.6 Å². The van der Waals surface area contributed by atoms with Gasteiger partial charge in [-0.3, -0.25) is 24.0 Å². The van der Waals surface area contributed by atoms with E-state index in [1.807, 2.05) is 20.8 Å². The zero-order valence-corrected chi connectivity index (χ0v) is 30.5. The van der Waals surface area contributed by atoms with Crippen LogP contribution in [0, 0.1) is 23.1 Å². The third kappa shape index (κ3) is 8.84. The number of rotatable bonds is 13. The second-order valence-electron chi connectivity index (χ2n) is 15.6. The molecule has 0 unspecified atom stereocenters. The zero-order valence-electron chi connectivity index (χ0n) is 29.7. The van der Waals surface area contributed by atoms with Crippen LogP contribution in [-0.2, 0) is 28.8 Å². The molecule has 2 heterocycles. The lowest BCUT2D eigenvalue weighted by molar-refractivity contribution is -0.145. The fourth-order valence-corrected chi connectivity index (χ4v) is 7.67. The maximum absolute atomic E-state index is 14.9. The number of likely N-dealkylation sites (tertiary alicyclic amines) is 1. The third-order valence-corrected chi connectivity index (χ3v) is 10.6. The van der Waals surface area contributed by atoms with Crippen LogP contribution in [0.4, 0.5) is 4.39 Å². The minimum absolute atomic E-state index is 0.0160. The van der Waals surface area contributed by atoms with Gasteiger partial charge in [0.25, 0.3) is 0 Å². The molecule has 1 spiro atoms. The van der Waals surface area contributed by atoms with E-state index in [-0.39, 0.29) is 54.5 Å². The van der Waals surface area contributed by atoms with E-state index < -0.39 is 58.3 Å². The fraction of sp³-hybridized carbons (Fsp3) is 0.676. The summed E-state index contributed by atoms with van der Waals surface area (Å²) < 4.78 is 20.3. The minimum atomic E-state index is -1.15. The van der Waals surface area contributed by atoms with E-state index in [2.05, 4.69) is 15.8 Å². The van der Waals surface area contributed by atoms with Gasteiger partial charge in [0.1, 0.15) is 12.1 Å². The van der Waals surface area contributed by atoms with Crippen LogP contribution in [0.25, 0.3) is 0 Å². The molecule has 2 saturated carbocycles. The van der Waals surface area contributed by atoms with Crippen molar-refractivity contribution >= 4 is 46.6 Å².